The van der Waals surface area contributed by atoms with Crippen LogP contribution in [0.15, 0.2) is 30.3 Å². The number of H-pyrrole nitrogens is 1. The first-order valence-corrected chi connectivity index (χ1v) is 11.3. The summed E-state index contributed by atoms with van der Waals surface area (Å²) in [5, 5.41) is 20.3. The topological polar surface area (TPSA) is 116 Å². The van der Waals surface area contributed by atoms with Gasteiger partial charge in [-0.05, 0) is 43.7 Å². The normalized spacial score (nSPS) is 14.6. The Bertz CT molecular complexity index is 1050. The van der Waals surface area contributed by atoms with Crippen LogP contribution in [0.5, 0.6) is 0 Å². The molecule has 9 nitrogen and oxygen atoms in total. The van der Waals surface area contributed by atoms with Gasteiger partial charge in [0.1, 0.15) is 11.6 Å². The minimum Gasteiger partial charge on any atom is -0.461 e. The molecule has 3 aromatic rings. The smallest absolute Gasteiger partial charge is 0.358 e. The summed E-state index contributed by atoms with van der Waals surface area (Å²) in [6, 6.07) is 9.46. The molecule has 2 aromatic heterocycles. The SMILES string of the molecule is CCCCOC(=O)c1cc(Nc2nc(N3CCC(CCO)CC3)nc3ccccc23)[nH]n1. The molecule has 9 heteroatoms. The Morgan fingerprint density at radius 2 is 2.09 bits per heavy atom. The van der Waals surface area contributed by atoms with Gasteiger partial charge in [0.2, 0.25) is 5.95 Å². The van der Waals surface area contributed by atoms with Crippen molar-refractivity contribution in [1.29, 1.82) is 0 Å². The molecule has 3 heterocycles. The number of unbranched alkanes of at least 4 members (excludes halogenated alkanes) is 1. The van der Waals surface area contributed by atoms with Crippen molar-refractivity contribution in [3.05, 3.63) is 36.0 Å². The van der Waals surface area contributed by atoms with Gasteiger partial charge in [0.25, 0.3) is 0 Å². The average molecular weight is 439 g/mol. The summed E-state index contributed by atoms with van der Waals surface area (Å²) in [6.07, 6.45) is 4.67. The fraction of sp³-hybridized carbons (Fsp3) is 0.478. The predicted octanol–water partition coefficient (Wildman–Crippen LogP) is 3.65. The predicted molar refractivity (Wildman–Crippen MR) is 123 cm³/mol. The summed E-state index contributed by atoms with van der Waals surface area (Å²) in [5.41, 5.74) is 1.07. The van der Waals surface area contributed by atoms with Crippen molar-refractivity contribution < 1.29 is 14.6 Å². The molecule has 1 aliphatic rings. The molecule has 1 aliphatic heterocycles. The molecule has 0 radical (unpaired) electrons. The van der Waals surface area contributed by atoms with Crippen LogP contribution < -0.4 is 10.2 Å². The fourth-order valence-electron chi connectivity index (χ4n) is 3.91. The van der Waals surface area contributed by atoms with Gasteiger partial charge in [-0.15, -0.1) is 0 Å². The second-order valence-corrected chi connectivity index (χ2v) is 8.11. The number of nitrogens with one attached hydrogen (secondary N) is 2. The number of para-hydroxylation sites is 1. The molecular weight excluding hydrogens is 408 g/mol. The molecule has 1 fully saturated rings. The van der Waals surface area contributed by atoms with Crippen LogP contribution in [0.1, 0.15) is 49.5 Å². The number of nitrogens with zero attached hydrogens (tertiary/aromatic N) is 4. The zero-order chi connectivity index (χ0) is 22.3. The summed E-state index contributed by atoms with van der Waals surface area (Å²) in [4.78, 5) is 23.9. The molecule has 0 atom stereocenters. The molecule has 0 spiro atoms. The van der Waals surface area contributed by atoms with Crippen LogP contribution in [0.2, 0.25) is 0 Å². The Morgan fingerprint density at radius 1 is 1.28 bits per heavy atom. The monoisotopic (exact) mass is 438 g/mol. The number of aromatic nitrogens is 4. The number of rotatable bonds is 9. The Kier molecular flexibility index (Phi) is 7.16. The van der Waals surface area contributed by atoms with Crippen LogP contribution in [-0.4, -0.2) is 57.5 Å². The van der Waals surface area contributed by atoms with E-state index in [2.05, 4.69) is 20.4 Å². The van der Waals surface area contributed by atoms with Gasteiger partial charge < -0.3 is 20.1 Å². The number of hydrogen-bond acceptors (Lipinski definition) is 8. The minimum atomic E-state index is -0.443. The Labute approximate surface area is 187 Å². The van der Waals surface area contributed by atoms with Crippen molar-refractivity contribution in [2.75, 3.05) is 36.5 Å². The van der Waals surface area contributed by atoms with Crippen LogP contribution >= 0.6 is 0 Å². The number of aliphatic hydroxyl groups excluding tert-OH is 1. The number of carbonyl (C=O) groups is 1. The van der Waals surface area contributed by atoms with Gasteiger partial charge in [0, 0.05) is 31.1 Å². The van der Waals surface area contributed by atoms with Crippen molar-refractivity contribution in [1.82, 2.24) is 20.2 Å². The zero-order valence-electron chi connectivity index (χ0n) is 18.4. The molecule has 1 aromatic carbocycles. The lowest BCUT2D eigenvalue weighted by molar-refractivity contribution is 0.0493. The number of anilines is 3. The number of aliphatic hydroxyl groups is 1. The highest BCUT2D eigenvalue weighted by Gasteiger charge is 2.22. The van der Waals surface area contributed by atoms with Crippen molar-refractivity contribution in [2.45, 2.75) is 39.0 Å². The number of esters is 1. The number of hydrogen-bond donors (Lipinski definition) is 3. The van der Waals surface area contributed by atoms with E-state index >= 15 is 0 Å². The van der Waals surface area contributed by atoms with E-state index in [1.54, 1.807) is 6.07 Å². The zero-order valence-corrected chi connectivity index (χ0v) is 18.4. The van der Waals surface area contributed by atoms with Crippen LogP contribution in [0.25, 0.3) is 10.9 Å². The lowest BCUT2D eigenvalue weighted by Crippen LogP contribution is -2.35. The van der Waals surface area contributed by atoms with E-state index in [9.17, 15) is 9.90 Å². The van der Waals surface area contributed by atoms with Crippen molar-refractivity contribution >= 4 is 34.5 Å². The summed E-state index contributed by atoms with van der Waals surface area (Å²) in [7, 11) is 0. The molecule has 0 aliphatic carbocycles. The number of benzene rings is 1. The summed E-state index contributed by atoms with van der Waals surface area (Å²) in [6.45, 7) is 4.39. The van der Waals surface area contributed by atoms with Gasteiger partial charge in [-0.1, -0.05) is 25.5 Å². The van der Waals surface area contributed by atoms with E-state index in [-0.39, 0.29) is 12.3 Å². The van der Waals surface area contributed by atoms with Gasteiger partial charge in [-0.3, -0.25) is 5.10 Å². The first kappa shape index (κ1) is 22.0. The van der Waals surface area contributed by atoms with Crippen molar-refractivity contribution in [3.8, 4) is 0 Å². The third kappa shape index (κ3) is 5.16. The van der Waals surface area contributed by atoms with Gasteiger partial charge in [-0.2, -0.15) is 10.1 Å². The van der Waals surface area contributed by atoms with Gasteiger partial charge in [0.15, 0.2) is 5.69 Å². The first-order valence-electron chi connectivity index (χ1n) is 11.3. The fourth-order valence-corrected chi connectivity index (χ4v) is 3.91. The van der Waals surface area contributed by atoms with Crippen molar-refractivity contribution in [3.63, 3.8) is 0 Å². The minimum absolute atomic E-state index is 0.230. The van der Waals surface area contributed by atoms with E-state index in [0.29, 0.717) is 30.1 Å². The van der Waals surface area contributed by atoms with Gasteiger partial charge >= 0.3 is 5.97 Å². The van der Waals surface area contributed by atoms with Crippen LogP contribution in [0.3, 0.4) is 0 Å². The highest BCUT2D eigenvalue weighted by atomic mass is 16.5. The highest BCUT2D eigenvalue weighted by molar-refractivity contribution is 5.92. The van der Waals surface area contributed by atoms with Crippen LogP contribution in [-0.2, 0) is 4.74 Å². The molecular formula is C23H30N6O3. The van der Waals surface area contributed by atoms with Gasteiger partial charge in [-0.25, -0.2) is 9.78 Å². The van der Waals surface area contributed by atoms with Crippen LogP contribution in [0.4, 0.5) is 17.6 Å². The number of aromatic amines is 1. The van der Waals surface area contributed by atoms with Gasteiger partial charge in [0.05, 0.1) is 12.1 Å². The molecule has 170 valence electrons. The maximum atomic E-state index is 12.2. The lowest BCUT2D eigenvalue weighted by atomic mass is 9.94. The van der Waals surface area contributed by atoms with E-state index in [0.717, 1.165) is 56.1 Å². The number of piperidine rings is 1. The van der Waals surface area contributed by atoms with E-state index in [1.807, 2.05) is 31.2 Å². The molecule has 1 saturated heterocycles. The van der Waals surface area contributed by atoms with E-state index < -0.39 is 5.97 Å². The summed E-state index contributed by atoms with van der Waals surface area (Å²) >= 11 is 0. The highest BCUT2D eigenvalue weighted by Crippen LogP contribution is 2.28. The largest absolute Gasteiger partial charge is 0.461 e. The first-order chi connectivity index (χ1) is 15.7. The standard InChI is InChI=1S/C23H30N6O3/c1-2-3-14-32-22(31)19-15-20(28-27-19)25-21-17-6-4-5-7-18(17)24-23(26-21)29-11-8-16(9-12-29)10-13-30/h4-7,15-16,30H,2-3,8-14H2,1H3,(H2,24,25,26,27,28). The number of carbonyl (C=O) groups excluding carboxylic acids is 1. The maximum Gasteiger partial charge on any atom is 0.358 e. The third-order valence-electron chi connectivity index (χ3n) is 5.80. The molecule has 0 amide bonds. The molecule has 0 unspecified atom stereocenters. The second kappa shape index (κ2) is 10.4. The maximum absolute atomic E-state index is 12.2. The lowest BCUT2D eigenvalue weighted by Gasteiger charge is -2.32. The molecule has 0 bridgehead atoms. The number of fused-ring (bicyclic) bond motifs is 1. The Morgan fingerprint density at radius 3 is 2.88 bits per heavy atom. The molecule has 3 N–H and O–H groups in total. The number of ether oxygens (including phenoxy) is 1. The summed E-state index contributed by atoms with van der Waals surface area (Å²) < 4.78 is 5.23. The van der Waals surface area contributed by atoms with Crippen molar-refractivity contribution in [2.24, 2.45) is 5.92 Å². The quantitative estimate of drug-likeness (QED) is 0.342. The molecule has 32 heavy (non-hydrogen) atoms. The molecule has 0 saturated carbocycles. The van der Waals surface area contributed by atoms with E-state index in [4.69, 9.17) is 14.7 Å². The van der Waals surface area contributed by atoms with E-state index in [1.165, 1.54) is 0 Å². The Balaban J connectivity index is 1.53. The third-order valence-corrected chi connectivity index (χ3v) is 5.80. The average Bonchev–Trinajstić information content (AvgIpc) is 3.28. The van der Waals surface area contributed by atoms with Crippen LogP contribution in [0, 0.1) is 5.92 Å². The Hall–Kier alpha value is -3.20. The second-order valence-electron chi connectivity index (χ2n) is 8.11. The molecule has 4 rings (SSSR count). The summed E-state index contributed by atoms with van der Waals surface area (Å²) in [5.74, 6) is 1.99.